The molecule has 0 bridgehead atoms. The third kappa shape index (κ3) is 6.99. The second-order valence-corrected chi connectivity index (χ2v) is 13.3. The zero-order valence-electron chi connectivity index (χ0n) is 25.4. The van der Waals surface area contributed by atoms with Crippen molar-refractivity contribution in [3.8, 4) is 0 Å². The van der Waals surface area contributed by atoms with Gasteiger partial charge in [0.2, 0.25) is 11.5 Å². The van der Waals surface area contributed by atoms with Gasteiger partial charge in [0.05, 0.1) is 5.41 Å². The van der Waals surface area contributed by atoms with Crippen LogP contribution in [0.5, 0.6) is 0 Å². The minimum absolute atomic E-state index is 0.0673. The Labute approximate surface area is 252 Å². The third-order valence-corrected chi connectivity index (χ3v) is 10.4. The predicted molar refractivity (Wildman–Crippen MR) is 154 cm³/mol. The molecule has 9 atom stereocenters. The van der Waals surface area contributed by atoms with Crippen LogP contribution in [0.4, 0.5) is 0 Å². The zero-order chi connectivity index (χ0) is 32.3. The van der Waals surface area contributed by atoms with Crippen LogP contribution in [0, 0.1) is 28.1 Å². The summed E-state index contributed by atoms with van der Waals surface area (Å²) in [5, 5.41) is 90.3. The first-order valence-electron chi connectivity index (χ1n) is 15.1. The molecule has 246 valence electrons. The highest BCUT2D eigenvalue weighted by atomic mass is 16.7. The molecule has 0 heterocycles. The molecule has 0 aromatic heterocycles. The Balaban J connectivity index is 1.88. The summed E-state index contributed by atoms with van der Waals surface area (Å²) in [6.07, 6.45) is -2.47. The lowest BCUT2D eigenvalue weighted by Crippen LogP contribution is -2.58. The van der Waals surface area contributed by atoms with Crippen LogP contribution in [-0.2, 0) is 14.3 Å². The van der Waals surface area contributed by atoms with Gasteiger partial charge in [0.25, 0.3) is 12.6 Å². The van der Waals surface area contributed by atoms with Crippen LogP contribution in [0.1, 0.15) is 85.0 Å². The zero-order valence-corrected chi connectivity index (χ0v) is 25.4. The van der Waals surface area contributed by atoms with Crippen LogP contribution in [0.15, 0.2) is 35.2 Å². The van der Waals surface area contributed by atoms with Crippen molar-refractivity contribution in [2.45, 2.75) is 110 Å². The minimum atomic E-state index is -2.49. The van der Waals surface area contributed by atoms with Crippen molar-refractivity contribution < 1.29 is 60.2 Å². The SMILES string of the molecule is C=C1CC[C@@H]2[C@](C)(CCC3[C@](C)(C(=O)OC(O)/C(OC(O)/C(O)=C(\O)C(O)CCO)=C(/O)C(O)CCO)CCC[C@]32C)C1. The molecule has 0 spiro atoms. The molecule has 3 rings (SSSR count). The Morgan fingerprint density at radius 1 is 0.837 bits per heavy atom. The molecule has 0 radical (unpaired) electrons. The Morgan fingerprint density at radius 2 is 1.44 bits per heavy atom. The van der Waals surface area contributed by atoms with Crippen LogP contribution >= 0.6 is 0 Å². The number of aliphatic hydroxyl groups is 9. The minimum Gasteiger partial charge on any atom is -0.506 e. The lowest BCUT2D eigenvalue weighted by molar-refractivity contribution is -0.206. The summed E-state index contributed by atoms with van der Waals surface area (Å²) in [5.41, 5.74) is 0.159. The van der Waals surface area contributed by atoms with Crippen molar-refractivity contribution >= 4 is 5.97 Å². The largest absolute Gasteiger partial charge is 0.506 e. The first-order valence-corrected chi connectivity index (χ1v) is 15.1. The number of fused-ring (bicyclic) bond motifs is 3. The molecule has 12 nitrogen and oxygen atoms in total. The van der Waals surface area contributed by atoms with Crippen LogP contribution in [0.2, 0.25) is 0 Å². The van der Waals surface area contributed by atoms with E-state index in [1.54, 1.807) is 0 Å². The van der Waals surface area contributed by atoms with Gasteiger partial charge in [-0.05, 0) is 74.5 Å². The summed E-state index contributed by atoms with van der Waals surface area (Å²) in [7, 11) is 0. The Bertz CT molecular complexity index is 1090. The molecule has 0 aromatic carbocycles. The summed E-state index contributed by atoms with van der Waals surface area (Å²) in [6.45, 7) is 9.45. The number of aliphatic hydroxyl groups excluding tert-OH is 9. The fourth-order valence-electron chi connectivity index (χ4n) is 8.25. The molecular weight excluding hydrogens is 564 g/mol. The number of allylic oxidation sites excluding steroid dienone is 1. The molecule has 0 aliphatic heterocycles. The average Bonchev–Trinajstić information content (AvgIpc) is 2.93. The smallest absolute Gasteiger partial charge is 0.314 e. The summed E-state index contributed by atoms with van der Waals surface area (Å²) in [5.74, 6) is -5.04. The van der Waals surface area contributed by atoms with Crippen LogP contribution in [-0.4, -0.2) is 89.9 Å². The van der Waals surface area contributed by atoms with E-state index in [2.05, 4.69) is 20.4 Å². The Hall–Kier alpha value is -2.35. The molecule has 12 heteroatoms. The average molecular weight is 615 g/mol. The Morgan fingerprint density at radius 3 is 2.05 bits per heavy atom. The molecule has 0 amide bonds. The topological polar surface area (TPSA) is 218 Å². The molecule has 43 heavy (non-hydrogen) atoms. The van der Waals surface area contributed by atoms with Gasteiger partial charge in [0.15, 0.2) is 11.5 Å². The summed E-state index contributed by atoms with van der Waals surface area (Å²) in [6, 6.07) is 0. The lowest BCUT2D eigenvalue weighted by Gasteiger charge is -2.63. The fourth-order valence-corrected chi connectivity index (χ4v) is 8.25. The number of esters is 1. The maximum Gasteiger partial charge on any atom is 0.314 e. The number of carbonyl (C=O) groups excluding carboxylic acids is 1. The molecule has 0 saturated heterocycles. The van der Waals surface area contributed by atoms with Gasteiger partial charge in [0.1, 0.15) is 12.2 Å². The van der Waals surface area contributed by atoms with E-state index in [1.165, 1.54) is 5.57 Å². The van der Waals surface area contributed by atoms with Gasteiger partial charge in [-0.2, -0.15) is 0 Å². The maximum absolute atomic E-state index is 13.9. The van der Waals surface area contributed by atoms with E-state index in [9.17, 15) is 45.6 Å². The van der Waals surface area contributed by atoms with E-state index in [0.717, 1.165) is 44.9 Å². The highest BCUT2D eigenvalue weighted by molar-refractivity contribution is 5.77. The highest BCUT2D eigenvalue weighted by Gasteiger charge is 2.62. The van der Waals surface area contributed by atoms with Gasteiger partial charge in [-0.25, -0.2) is 0 Å². The van der Waals surface area contributed by atoms with E-state index >= 15 is 0 Å². The molecule has 0 aromatic rings. The molecular formula is C31H50O12. The van der Waals surface area contributed by atoms with Crippen molar-refractivity contribution in [3.05, 3.63) is 35.2 Å². The number of hydrogen-bond donors (Lipinski definition) is 9. The standard InChI is InChI=1S/C31H50O12/c1-17-6-7-20-29(2,16-17)13-8-21-30(20,3)11-5-12-31(21,4)28(41)43-27(40)25(23(37)19(35)10-15-33)42-26(39)24(38)22(36)18(34)9-14-32/h18-21,26-27,32-40H,1,5-16H2,2-4H3/b24-22+,25-23-/t18?,19?,20-,21?,26?,27?,29-,30+,31-/m1/s1. The van der Waals surface area contributed by atoms with Crippen molar-refractivity contribution in [2.24, 2.45) is 28.1 Å². The summed E-state index contributed by atoms with van der Waals surface area (Å²) >= 11 is 0. The van der Waals surface area contributed by atoms with Gasteiger partial charge in [-0.3, -0.25) is 4.79 Å². The molecule has 5 unspecified atom stereocenters. The molecule has 3 fully saturated rings. The molecule has 3 aliphatic rings. The number of ether oxygens (including phenoxy) is 2. The second kappa shape index (κ2) is 13.7. The first kappa shape index (κ1) is 35.1. The molecule has 3 aliphatic carbocycles. The number of carbonyl (C=O) groups is 1. The van der Waals surface area contributed by atoms with Gasteiger partial charge >= 0.3 is 5.97 Å². The summed E-state index contributed by atoms with van der Waals surface area (Å²) in [4.78, 5) is 13.9. The van der Waals surface area contributed by atoms with E-state index in [1.807, 2.05) is 6.92 Å². The molecule has 9 N–H and O–H groups in total. The normalized spacial score (nSPS) is 34.9. The maximum atomic E-state index is 13.9. The third-order valence-electron chi connectivity index (χ3n) is 10.4. The summed E-state index contributed by atoms with van der Waals surface area (Å²) < 4.78 is 10.5. The van der Waals surface area contributed by atoms with Crippen molar-refractivity contribution in [1.29, 1.82) is 0 Å². The second-order valence-electron chi connectivity index (χ2n) is 13.3. The van der Waals surface area contributed by atoms with Gasteiger partial charge in [-0.15, -0.1) is 0 Å². The fraction of sp³-hybridized carbons (Fsp3) is 0.774. The van der Waals surface area contributed by atoms with E-state index in [0.29, 0.717) is 12.3 Å². The quantitative estimate of drug-likeness (QED) is 0.0671. The predicted octanol–water partition coefficient (Wildman–Crippen LogP) is 2.74. The van der Waals surface area contributed by atoms with E-state index in [-0.39, 0.29) is 23.2 Å². The lowest BCUT2D eigenvalue weighted by atomic mass is 9.40. The monoisotopic (exact) mass is 614 g/mol. The number of hydrogen-bond acceptors (Lipinski definition) is 12. The van der Waals surface area contributed by atoms with Crippen LogP contribution in [0.25, 0.3) is 0 Å². The van der Waals surface area contributed by atoms with Crippen LogP contribution in [0.3, 0.4) is 0 Å². The molecule has 3 saturated carbocycles. The highest BCUT2D eigenvalue weighted by Crippen LogP contribution is 2.68. The van der Waals surface area contributed by atoms with Gasteiger partial charge in [-0.1, -0.05) is 32.4 Å². The van der Waals surface area contributed by atoms with Crippen molar-refractivity contribution in [3.63, 3.8) is 0 Å². The van der Waals surface area contributed by atoms with Gasteiger partial charge in [0, 0.05) is 26.1 Å². The van der Waals surface area contributed by atoms with Crippen LogP contribution < -0.4 is 0 Å². The Kier molecular flexibility index (Phi) is 11.2. The van der Waals surface area contributed by atoms with Crippen molar-refractivity contribution in [2.75, 3.05) is 13.2 Å². The first-order chi connectivity index (χ1) is 20.1. The number of rotatable bonds is 12. The van der Waals surface area contributed by atoms with E-state index in [4.69, 9.17) is 14.6 Å². The van der Waals surface area contributed by atoms with Gasteiger partial charge < -0.3 is 55.4 Å². The van der Waals surface area contributed by atoms with Crippen molar-refractivity contribution in [1.82, 2.24) is 0 Å². The van der Waals surface area contributed by atoms with E-state index < -0.39 is 78.8 Å².